The smallest absolute Gasteiger partial charge is 0.164 e. The van der Waals surface area contributed by atoms with Gasteiger partial charge in [0.05, 0.1) is 29.0 Å². The largest absolute Gasteiger partial charge is 0.385 e. The first-order chi connectivity index (χ1) is 18.3. The van der Waals surface area contributed by atoms with Crippen LogP contribution in [0.15, 0.2) is 30.3 Å². The lowest BCUT2D eigenvalue weighted by Gasteiger charge is -2.34. The maximum absolute atomic E-state index is 11.1. The van der Waals surface area contributed by atoms with Crippen LogP contribution in [0.3, 0.4) is 0 Å². The first kappa shape index (κ1) is 26.1. The van der Waals surface area contributed by atoms with E-state index in [1.165, 1.54) is 17.7 Å². The van der Waals surface area contributed by atoms with E-state index in [9.17, 15) is 5.11 Å². The van der Waals surface area contributed by atoms with Gasteiger partial charge in [0, 0.05) is 64.2 Å². The fourth-order valence-electron chi connectivity index (χ4n) is 5.66. The van der Waals surface area contributed by atoms with Gasteiger partial charge in [-0.15, -0.1) is 22.7 Å². The quantitative estimate of drug-likeness (QED) is 0.355. The number of likely N-dealkylation sites (tertiary alicyclic amines) is 1. The highest BCUT2D eigenvalue weighted by atomic mass is 32.1. The van der Waals surface area contributed by atoms with Crippen molar-refractivity contribution in [2.45, 2.75) is 44.9 Å². The van der Waals surface area contributed by atoms with Crippen molar-refractivity contribution in [2.24, 2.45) is 0 Å². The second-order valence-electron chi connectivity index (χ2n) is 11.2. The molecule has 2 fully saturated rings. The van der Waals surface area contributed by atoms with Crippen LogP contribution < -0.4 is 4.90 Å². The summed E-state index contributed by atoms with van der Waals surface area (Å²) < 4.78 is 7.96. The third-order valence-electron chi connectivity index (χ3n) is 7.76. The standard InChI is InChI=1S/C29H37N5O2S2/c1-29(2,35)26-24(21-7-5-6-8-23(21)38-26)27-30-22-17-20(18-33-11-9-19(10-12-33)32(3)4)37-25(22)28(31-27)34-13-15-36-16-14-34/h5-8,17,19,35H,9-16,18H2,1-4H3. The van der Waals surface area contributed by atoms with E-state index in [-0.39, 0.29) is 0 Å². The van der Waals surface area contributed by atoms with Gasteiger partial charge in [-0.1, -0.05) is 18.2 Å². The molecule has 0 amide bonds. The van der Waals surface area contributed by atoms with Gasteiger partial charge < -0.3 is 19.6 Å². The van der Waals surface area contributed by atoms with Crippen molar-refractivity contribution >= 4 is 48.8 Å². The highest BCUT2D eigenvalue weighted by Gasteiger charge is 2.29. The van der Waals surface area contributed by atoms with Crippen LogP contribution in [-0.4, -0.2) is 84.4 Å². The highest BCUT2D eigenvalue weighted by molar-refractivity contribution is 7.20. The molecular formula is C29H37N5O2S2. The molecule has 38 heavy (non-hydrogen) atoms. The molecule has 0 bridgehead atoms. The highest BCUT2D eigenvalue weighted by Crippen LogP contribution is 2.44. The van der Waals surface area contributed by atoms with E-state index in [2.05, 4.69) is 53.1 Å². The second-order valence-corrected chi connectivity index (χ2v) is 13.4. The summed E-state index contributed by atoms with van der Waals surface area (Å²) >= 11 is 3.46. The van der Waals surface area contributed by atoms with Gasteiger partial charge in [0.2, 0.25) is 0 Å². The van der Waals surface area contributed by atoms with Gasteiger partial charge in [-0.3, -0.25) is 4.90 Å². The fourth-order valence-corrected chi connectivity index (χ4v) is 8.01. The summed E-state index contributed by atoms with van der Waals surface area (Å²) in [6.45, 7) is 9.96. The molecule has 0 aliphatic carbocycles. The molecule has 4 aromatic rings. The molecule has 1 N–H and O–H groups in total. The van der Waals surface area contributed by atoms with Gasteiger partial charge in [0.15, 0.2) is 11.6 Å². The number of aliphatic hydroxyl groups is 1. The van der Waals surface area contributed by atoms with Crippen LogP contribution in [0.2, 0.25) is 0 Å². The predicted molar refractivity (Wildman–Crippen MR) is 158 cm³/mol. The van der Waals surface area contributed by atoms with Crippen LogP contribution >= 0.6 is 22.7 Å². The van der Waals surface area contributed by atoms with Gasteiger partial charge in [-0.25, -0.2) is 9.97 Å². The third-order valence-corrected chi connectivity index (χ3v) is 10.3. The maximum Gasteiger partial charge on any atom is 0.164 e. The van der Waals surface area contributed by atoms with Gasteiger partial charge in [0.25, 0.3) is 0 Å². The fraction of sp³-hybridized carbons (Fsp3) is 0.517. The minimum atomic E-state index is -0.991. The molecule has 1 aromatic carbocycles. The number of nitrogens with zero attached hydrogens (tertiary/aromatic N) is 5. The Bertz CT molecular complexity index is 1430. The molecule has 202 valence electrons. The maximum atomic E-state index is 11.1. The summed E-state index contributed by atoms with van der Waals surface area (Å²) in [5.41, 5.74) is 0.958. The van der Waals surface area contributed by atoms with Gasteiger partial charge in [-0.2, -0.15) is 0 Å². The van der Waals surface area contributed by atoms with Crippen LogP contribution in [0.5, 0.6) is 0 Å². The monoisotopic (exact) mass is 551 g/mol. The molecule has 0 atom stereocenters. The molecule has 2 saturated heterocycles. The number of benzene rings is 1. The lowest BCUT2D eigenvalue weighted by Crippen LogP contribution is -2.41. The molecule has 0 spiro atoms. The molecule has 2 aliphatic heterocycles. The molecule has 3 aromatic heterocycles. The minimum absolute atomic E-state index is 0.681. The Kier molecular flexibility index (Phi) is 7.17. The van der Waals surface area contributed by atoms with E-state index in [1.54, 1.807) is 11.3 Å². The van der Waals surface area contributed by atoms with Crippen LogP contribution in [0, 0.1) is 0 Å². The van der Waals surface area contributed by atoms with E-state index in [0.717, 1.165) is 69.3 Å². The van der Waals surface area contributed by atoms with Crippen molar-refractivity contribution in [3.8, 4) is 11.4 Å². The Hall–Kier alpha value is -2.14. The first-order valence-corrected chi connectivity index (χ1v) is 15.2. The first-order valence-electron chi connectivity index (χ1n) is 13.5. The Morgan fingerprint density at radius 2 is 1.79 bits per heavy atom. The number of ether oxygens (including phenoxy) is 1. The van der Waals surface area contributed by atoms with Crippen LogP contribution in [-0.2, 0) is 16.9 Å². The topological polar surface area (TPSA) is 65.0 Å². The van der Waals surface area contributed by atoms with E-state index in [1.807, 2.05) is 31.3 Å². The average molecular weight is 552 g/mol. The molecule has 5 heterocycles. The lowest BCUT2D eigenvalue weighted by atomic mass is 10.00. The normalized spacial score (nSPS) is 18.3. The SMILES string of the molecule is CN(C)C1CCN(Cc2cc3nc(-c4c(C(C)(C)O)sc5ccccc45)nc(N4CCOCC4)c3s2)CC1. The number of thiophene rings is 2. The van der Waals surface area contributed by atoms with E-state index < -0.39 is 5.60 Å². The molecule has 0 saturated carbocycles. The summed E-state index contributed by atoms with van der Waals surface area (Å²) in [6.07, 6.45) is 2.43. The van der Waals surface area contributed by atoms with E-state index >= 15 is 0 Å². The van der Waals surface area contributed by atoms with Crippen molar-refractivity contribution in [3.05, 3.63) is 40.1 Å². The van der Waals surface area contributed by atoms with Crippen molar-refractivity contribution in [2.75, 3.05) is 58.4 Å². The van der Waals surface area contributed by atoms with Crippen molar-refractivity contribution in [1.29, 1.82) is 0 Å². The zero-order valence-electron chi connectivity index (χ0n) is 22.7. The van der Waals surface area contributed by atoms with Crippen LogP contribution in [0.4, 0.5) is 5.82 Å². The zero-order chi connectivity index (χ0) is 26.4. The van der Waals surface area contributed by atoms with E-state index in [4.69, 9.17) is 14.7 Å². The van der Waals surface area contributed by atoms with Crippen molar-refractivity contribution < 1.29 is 9.84 Å². The molecule has 9 heteroatoms. The summed E-state index contributed by atoms with van der Waals surface area (Å²) in [6, 6.07) is 11.3. The van der Waals surface area contributed by atoms with Gasteiger partial charge in [0.1, 0.15) is 0 Å². The summed E-state index contributed by atoms with van der Waals surface area (Å²) in [4.78, 5) is 19.9. The number of aromatic nitrogens is 2. The molecule has 7 nitrogen and oxygen atoms in total. The number of hydrogen-bond donors (Lipinski definition) is 1. The Morgan fingerprint density at radius 3 is 2.50 bits per heavy atom. The Morgan fingerprint density at radius 1 is 1.05 bits per heavy atom. The minimum Gasteiger partial charge on any atom is -0.385 e. The summed E-state index contributed by atoms with van der Waals surface area (Å²) in [5, 5.41) is 12.2. The molecular weight excluding hydrogens is 514 g/mol. The second kappa shape index (κ2) is 10.4. The van der Waals surface area contributed by atoms with Crippen LogP contribution in [0.25, 0.3) is 31.7 Å². The number of fused-ring (bicyclic) bond motifs is 2. The number of rotatable bonds is 6. The number of morpholine rings is 1. The summed E-state index contributed by atoms with van der Waals surface area (Å²) in [7, 11) is 4.38. The van der Waals surface area contributed by atoms with Gasteiger partial charge in [-0.05, 0) is 52.9 Å². The summed E-state index contributed by atoms with van der Waals surface area (Å²) in [5.74, 6) is 1.69. The van der Waals surface area contributed by atoms with Crippen LogP contribution in [0.1, 0.15) is 36.4 Å². The third kappa shape index (κ3) is 5.08. The average Bonchev–Trinajstić information content (AvgIpc) is 3.50. The molecule has 0 unspecified atom stereocenters. The molecule has 0 radical (unpaired) electrons. The zero-order valence-corrected chi connectivity index (χ0v) is 24.4. The van der Waals surface area contributed by atoms with Gasteiger partial charge >= 0.3 is 0 Å². The Balaban J connectivity index is 1.43. The number of piperidine rings is 1. The van der Waals surface area contributed by atoms with Crippen molar-refractivity contribution in [3.63, 3.8) is 0 Å². The molecule has 6 rings (SSSR count). The van der Waals surface area contributed by atoms with Crippen molar-refractivity contribution in [1.82, 2.24) is 19.8 Å². The Labute approximate surface area is 232 Å². The predicted octanol–water partition coefficient (Wildman–Crippen LogP) is 5.16. The number of hydrogen-bond acceptors (Lipinski definition) is 9. The van der Waals surface area contributed by atoms with E-state index in [0.29, 0.717) is 25.1 Å². The number of anilines is 1. The molecule has 2 aliphatic rings. The lowest BCUT2D eigenvalue weighted by molar-refractivity contribution is 0.0831.